The molecule has 0 saturated heterocycles. The van der Waals surface area contributed by atoms with Crippen LogP contribution in [-0.2, 0) is 7.05 Å². The zero-order chi connectivity index (χ0) is 17.0. The number of rotatable bonds is 1. The number of para-hydroxylation sites is 1. The van der Waals surface area contributed by atoms with Crippen LogP contribution in [0.1, 0.15) is 29.8 Å². The fraction of sp³-hybridized carbons (Fsp3) is 0.250. The van der Waals surface area contributed by atoms with Gasteiger partial charge in [0.15, 0.2) is 5.76 Å². The van der Waals surface area contributed by atoms with Crippen molar-refractivity contribution >= 4 is 17.3 Å². The lowest BCUT2D eigenvalue weighted by Gasteiger charge is -2.23. The number of hydrogen-bond donors (Lipinski definition) is 0. The van der Waals surface area contributed by atoms with Gasteiger partial charge in [-0.2, -0.15) is 4.57 Å². The van der Waals surface area contributed by atoms with E-state index >= 15 is 0 Å². The molecule has 3 heteroatoms. The topological polar surface area (TPSA) is 20.3 Å². The minimum absolute atomic E-state index is 0.874. The summed E-state index contributed by atoms with van der Waals surface area (Å²) in [5.74, 6) is 1.84. The Morgan fingerprint density at radius 3 is 2.48 bits per heavy atom. The zero-order valence-corrected chi connectivity index (χ0v) is 14.6. The molecule has 0 aliphatic carbocycles. The molecule has 1 aliphatic rings. The van der Waals surface area contributed by atoms with E-state index in [-0.39, 0.29) is 0 Å². The number of aromatic nitrogens is 1. The van der Waals surface area contributed by atoms with Gasteiger partial charge in [-0.15, -0.1) is 6.58 Å². The molecule has 1 aliphatic heterocycles. The van der Waals surface area contributed by atoms with Crippen LogP contribution < -0.4 is 9.47 Å². The minimum atomic E-state index is 0.874. The van der Waals surface area contributed by atoms with Crippen molar-refractivity contribution in [3.8, 4) is 0 Å². The highest BCUT2D eigenvalue weighted by atomic mass is 16.4. The second-order valence-electron chi connectivity index (χ2n) is 5.59. The molecule has 0 unspecified atom stereocenters. The number of oxazole rings is 1. The fourth-order valence-corrected chi connectivity index (χ4v) is 2.47. The Hall–Kier alpha value is -2.55. The molecular weight excluding hydrogens is 284 g/mol. The summed E-state index contributed by atoms with van der Waals surface area (Å²) in [5.41, 5.74) is 4.76. The molecule has 0 radical (unpaired) electrons. The molecule has 2 aromatic rings. The van der Waals surface area contributed by atoms with Gasteiger partial charge in [0.25, 0.3) is 0 Å². The molecule has 0 N–H and O–H groups in total. The first-order valence-electron chi connectivity index (χ1n) is 7.74. The lowest BCUT2D eigenvalue weighted by Crippen LogP contribution is -2.32. The monoisotopic (exact) mass is 309 g/mol. The average molecular weight is 309 g/mol. The van der Waals surface area contributed by atoms with Crippen LogP contribution in [0.4, 0.5) is 5.69 Å². The van der Waals surface area contributed by atoms with Crippen LogP contribution >= 0.6 is 0 Å². The molecule has 1 aromatic carbocycles. The van der Waals surface area contributed by atoms with E-state index in [4.69, 9.17) is 4.42 Å². The van der Waals surface area contributed by atoms with Gasteiger partial charge in [-0.05, 0) is 24.6 Å². The van der Waals surface area contributed by atoms with E-state index in [2.05, 4.69) is 72.6 Å². The Morgan fingerprint density at radius 2 is 1.87 bits per heavy atom. The summed E-state index contributed by atoms with van der Waals surface area (Å²) in [5, 5.41) is 0. The molecule has 120 valence electrons. The Balaban J connectivity index is 0.000000595. The second-order valence-corrected chi connectivity index (χ2v) is 5.59. The highest BCUT2D eigenvalue weighted by Gasteiger charge is 2.20. The van der Waals surface area contributed by atoms with Gasteiger partial charge in [-0.1, -0.05) is 24.3 Å². The van der Waals surface area contributed by atoms with Gasteiger partial charge in [0.2, 0.25) is 5.69 Å². The predicted molar refractivity (Wildman–Crippen MR) is 97.1 cm³/mol. The first-order valence-corrected chi connectivity index (χ1v) is 7.74. The Kier molecular flexibility index (Phi) is 5.22. The van der Waals surface area contributed by atoms with Crippen molar-refractivity contribution in [3.63, 3.8) is 0 Å². The standard InChI is InChI=1S/C17H19N2O.C3H6/c1-12-13(2)20-17(19(12)4)11-14-9-10-18(3)16-8-6-5-7-15(14)16;1-3-2/h5-11H,1-4H3;3H,1H2,2H3/q+1;. The highest BCUT2D eigenvalue weighted by Crippen LogP contribution is 2.32. The maximum Gasteiger partial charge on any atom is 0.373 e. The van der Waals surface area contributed by atoms with Crippen LogP contribution in [0.2, 0.25) is 0 Å². The number of hydrogen-bond acceptors (Lipinski definition) is 2. The molecule has 23 heavy (non-hydrogen) atoms. The third kappa shape index (κ3) is 3.45. The number of nitrogens with zero attached hydrogens (tertiary/aromatic N) is 2. The van der Waals surface area contributed by atoms with Gasteiger partial charge in [0.05, 0.1) is 6.08 Å². The molecule has 0 atom stereocenters. The molecule has 0 fully saturated rings. The molecular formula is C20H25N2O+. The summed E-state index contributed by atoms with van der Waals surface area (Å²) in [6.45, 7) is 9.31. The summed E-state index contributed by atoms with van der Waals surface area (Å²) in [6, 6.07) is 8.40. The van der Waals surface area contributed by atoms with Gasteiger partial charge < -0.3 is 9.32 Å². The Morgan fingerprint density at radius 1 is 1.22 bits per heavy atom. The summed E-state index contributed by atoms with van der Waals surface area (Å²) in [4.78, 5) is 2.13. The summed E-state index contributed by atoms with van der Waals surface area (Å²) in [7, 11) is 4.09. The van der Waals surface area contributed by atoms with Crippen LogP contribution in [0, 0.1) is 13.8 Å². The summed E-state index contributed by atoms with van der Waals surface area (Å²) in [6.07, 6.45) is 8.05. The maximum atomic E-state index is 5.83. The summed E-state index contributed by atoms with van der Waals surface area (Å²) >= 11 is 0. The molecule has 3 nitrogen and oxygen atoms in total. The lowest BCUT2D eigenvalue weighted by atomic mass is 10.00. The molecule has 3 rings (SSSR count). The van der Waals surface area contributed by atoms with Gasteiger partial charge in [0.1, 0.15) is 7.05 Å². The molecule has 0 bridgehead atoms. The van der Waals surface area contributed by atoms with Crippen LogP contribution in [-0.4, -0.2) is 7.05 Å². The smallest absolute Gasteiger partial charge is 0.373 e. The average Bonchev–Trinajstić information content (AvgIpc) is 2.78. The number of fused-ring (bicyclic) bond motifs is 1. The van der Waals surface area contributed by atoms with Crippen LogP contribution in [0.3, 0.4) is 0 Å². The first-order chi connectivity index (χ1) is 11.0. The molecule has 0 amide bonds. The van der Waals surface area contributed by atoms with Crippen molar-refractivity contribution in [1.82, 2.24) is 0 Å². The quantitative estimate of drug-likeness (QED) is 0.574. The van der Waals surface area contributed by atoms with Gasteiger partial charge >= 0.3 is 5.89 Å². The van der Waals surface area contributed by atoms with Crippen LogP contribution in [0.25, 0.3) is 11.6 Å². The van der Waals surface area contributed by atoms with Crippen molar-refractivity contribution in [2.75, 3.05) is 11.9 Å². The Bertz CT molecular complexity index is 766. The Labute approximate surface area is 138 Å². The van der Waals surface area contributed by atoms with E-state index < -0.39 is 0 Å². The third-order valence-corrected chi connectivity index (χ3v) is 3.95. The van der Waals surface area contributed by atoms with E-state index in [0.29, 0.717) is 0 Å². The maximum absolute atomic E-state index is 5.83. The van der Waals surface area contributed by atoms with E-state index in [1.165, 1.54) is 16.8 Å². The number of allylic oxidation sites excluding steroid dienone is 3. The van der Waals surface area contributed by atoms with Gasteiger partial charge in [-0.3, -0.25) is 0 Å². The molecule has 0 spiro atoms. The third-order valence-electron chi connectivity index (χ3n) is 3.95. The van der Waals surface area contributed by atoms with Crippen molar-refractivity contribution in [2.45, 2.75) is 20.8 Å². The first kappa shape index (κ1) is 16.8. The van der Waals surface area contributed by atoms with Gasteiger partial charge in [0, 0.05) is 38.3 Å². The lowest BCUT2D eigenvalue weighted by molar-refractivity contribution is -0.682. The van der Waals surface area contributed by atoms with E-state index in [9.17, 15) is 0 Å². The molecule has 2 heterocycles. The second kappa shape index (κ2) is 7.14. The van der Waals surface area contributed by atoms with Crippen LogP contribution in [0.5, 0.6) is 0 Å². The number of benzene rings is 1. The van der Waals surface area contributed by atoms with Crippen molar-refractivity contribution < 1.29 is 8.98 Å². The number of anilines is 1. The normalized spacial score (nSPS) is 14.3. The van der Waals surface area contributed by atoms with E-state index in [1.54, 1.807) is 6.08 Å². The van der Waals surface area contributed by atoms with Gasteiger partial charge in [-0.25, -0.2) is 0 Å². The van der Waals surface area contributed by atoms with E-state index in [0.717, 1.165) is 17.3 Å². The highest BCUT2D eigenvalue weighted by molar-refractivity contribution is 5.93. The zero-order valence-electron chi connectivity index (χ0n) is 14.6. The van der Waals surface area contributed by atoms with Crippen molar-refractivity contribution in [1.29, 1.82) is 0 Å². The largest absolute Gasteiger partial charge is 0.403 e. The SMILES string of the molecule is C=CC.Cc1oc(/C=C2\C=CN(C)c3ccccc32)[n+](C)c1C. The van der Waals surface area contributed by atoms with Crippen molar-refractivity contribution in [3.05, 3.63) is 72.1 Å². The summed E-state index contributed by atoms with van der Waals surface area (Å²) < 4.78 is 7.91. The van der Waals surface area contributed by atoms with E-state index in [1.807, 2.05) is 20.9 Å². The van der Waals surface area contributed by atoms with Crippen LogP contribution in [0.15, 0.2) is 53.6 Å². The number of aryl methyl sites for hydroxylation is 1. The minimum Gasteiger partial charge on any atom is -0.403 e. The predicted octanol–water partition coefficient (Wildman–Crippen LogP) is 4.42. The molecule has 1 aromatic heterocycles. The fourth-order valence-electron chi connectivity index (χ4n) is 2.47. The molecule has 0 saturated carbocycles. The van der Waals surface area contributed by atoms with Crippen molar-refractivity contribution in [2.24, 2.45) is 7.05 Å².